The zero-order valence-electron chi connectivity index (χ0n) is 26.4. The SMILES string of the molecule is CCCCCCCCN(C(=O)C(CCC(N)=O)NC(=O)OC(C)(C)C)C(C(=O)NCCCC)c1cc(C)ccc1C. The fourth-order valence-electron chi connectivity index (χ4n) is 4.61. The van der Waals surface area contributed by atoms with Crippen LogP contribution in [0.5, 0.6) is 0 Å². The first-order chi connectivity index (χ1) is 19.3. The number of nitrogens with zero attached hydrogens (tertiary/aromatic N) is 1. The van der Waals surface area contributed by atoms with Gasteiger partial charge in [-0.3, -0.25) is 14.4 Å². The largest absolute Gasteiger partial charge is 0.444 e. The van der Waals surface area contributed by atoms with Crippen molar-refractivity contribution in [3.8, 4) is 0 Å². The minimum Gasteiger partial charge on any atom is -0.444 e. The van der Waals surface area contributed by atoms with E-state index < -0.39 is 35.6 Å². The Morgan fingerprint density at radius 2 is 1.59 bits per heavy atom. The normalized spacial score (nSPS) is 12.8. The van der Waals surface area contributed by atoms with E-state index in [4.69, 9.17) is 10.5 Å². The number of hydrogen-bond acceptors (Lipinski definition) is 5. The van der Waals surface area contributed by atoms with E-state index in [0.29, 0.717) is 19.5 Å². The second-order valence-corrected chi connectivity index (χ2v) is 11.9. The second kappa shape index (κ2) is 18.4. The van der Waals surface area contributed by atoms with Gasteiger partial charge in [0.25, 0.3) is 0 Å². The van der Waals surface area contributed by atoms with E-state index in [0.717, 1.165) is 61.6 Å². The number of carbonyl (C=O) groups is 4. The van der Waals surface area contributed by atoms with Crippen molar-refractivity contribution in [2.45, 2.75) is 130 Å². The molecule has 0 aliphatic rings. The summed E-state index contributed by atoms with van der Waals surface area (Å²) in [5, 5.41) is 5.68. The Morgan fingerprint density at radius 3 is 2.20 bits per heavy atom. The van der Waals surface area contributed by atoms with Gasteiger partial charge in [0.1, 0.15) is 17.7 Å². The third-order valence-electron chi connectivity index (χ3n) is 6.82. The van der Waals surface area contributed by atoms with Crippen LogP contribution in [-0.4, -0.2) is 53.4 Å². The predicted octanol–water partition coefficient (Wildman–Crippen LogP) is 5.61. The fourth-order valence-corrected chi connectivity index (χ4v) is 4.61. The van der Waals surface area contributed by atoms with Crippen molar-refractivity contribution in [1.29, 1.82) is 0 Å². The molecule has 1 aromatic carbocycles. The van der Waals surface area contributed by atoms with Crippen molar-refractivity contribution in [2.24, 2.45) is 5.73 Å². The van der Waals surface area contributed by atoms with Crippen molar-refractivity contribution in [1.82, 2.24) is 15.5 Å². The van der Waals surface area contributed by atoms with Crippen LogP contribution in [0.1, 0.15) is 122 Å². The predicted molar refractivity (Wildman–Crippen MR) is 163 cm³/mol. The Labute approximate surface area is 247 Å². The number of nitrogens with two attached hydrogens (primary N) is 1. The van der Waals surface area contributed by atoms with Crippen molar-refractivity contribution >= 4 is 23.8 Å². The van der Waals surface area contributed by atoms with Crippen molar-refractivity contribution in [3.05, 3.63) is 34.9 Å². The fraction of sp³-hybridized carbons (Fsp3) is 0.688. The lowest BCUT2D eigenvalue weighted by Crippen LogP contribution is -2.53. The Balaban J connectivity index is 3.52. The molecule has 9 nitrogen and oxygen atoms in total. The first-order valence-corrected chi connectivity index (χ1v) is 15.2. The summed E-state index contributed by atoms with van der Waals surface area (Å²) in [5.41, 5.74) is 7.24. The van der Waals surface area contributed by atoms with Gasteiger partial charge in [-0.15, -0.1) is 0 Å². The first kappa shape index (κ1) is 35.9. The van der Waals surface area contributed by atoms with Crippen molar-refractivity contribution in [3.63, 3.8) is 0 Å². The Hall–Kier alpha value is -3.10. The number of nitrogens with one attached hydrogen (secondary N) is 2. The Kier molecular flexibility index (Phi) is 16.1. The summed E-state index contributed by atoms with van der Waals surface area (Å²) in [6.45, 7) is 14.1. The number of primary amides is 1. The number of carbonyl (C=O) groups excluding carboxylic acids is 4. The number of aryl methyl sites for hydroxylation is 2. The molecule has 0 heterocycles. The zero-order valence-corrected chi connectivity index (χ0v) is 26.4. The minimum atomic E-state index is -1.09. The molecule has 0 aliphatic carbocycles. The van der Waals surface area contributed by atoms with Gasteiger partial charge in [0, 0.05) is 19.5 Å². The topological polar surface area (TPSA) is 131 Å². The van der Waals surface area contributed by atoms with Gasteiger partial charge in [-0.05, 0) is 65.0 Å². The molecule has 0 bridgehead atoms. The summed E-state index contributed by atoms with van der Waals surface area (Å²) in [5.74, 6) is -1.29. The van der Waals surface area contributed by atoms with Gasteiger partial charge >= 0.3 is 6.09 Å². The molecule has 0 fully saturated rings. The van der Waals surface area contributed by atoms with Gasteiger partial charge in [0.15, 0.2) is 0 Å². The first-order valence-electron chi connectivity index (χ1n) is 15.2. The third kappa shape index (κ3) is 13.9. The van der Waals surface area contributed by atoms with Crippen LogP contribution in [0.3, 0.4) is 0 Å². The van der Waals surface area contributed by atoms with Gasteiger partial charge < -0.3 is 26.0 Å². The van der Waals surface area contributed by atoms with Gasteiger partial charge in [0.05, 0.1) is 0 Å². The molecule has 41 heavy (non-hydrogen) atoms. The van der Waals surface area contributed by atoms with Crippen LogP contribution < -0.4 is 16.4 Å². The Bertz CT molecular complexity index is 989. The number of benzene rings is 1. The van der Waals surface area contributed by atoms with Crippen LogP contribution in [0.25, 0.3) is 0 Å². The highest BCUT2D eigenvalue weighted by Gasteiger charge is 2.36. The number of unbranched alkanes of at least 4 members (excludes halogenated alkanes) is 6. The maximum atomic E-state index is 14.3. The lowest BCUT2D eigenvalue weighted by atomic mass is 9.95. The minimum absolute atomic E-state index is 0.00260. The molecule has 0 aromatic heterocycles. The standard InChI is InChI=1S/C32H54N4O5/c1-8-10-12-13-14-15-21-36(30(39)26(18-19-27(33)37)35-31(40)41-32(5,6)7)28(29(38)34-20-11-9-2)25-22-23(3)16-17-24(25)4/h16-17,22,26,28H,8-15,18-21H2,1-7H3,(H2,33,37)(H,34,38)(H,35,40). The highest BCUT2D eigenvalue weighted by molar-refractivity contribution is 5.92. The van der Waals surface area contributed by atoms with Gasteiger partial charge in [-0.2, -0.15) is 0 Å². The molecule has 0 radical (unpaired) electrons. The van der Waals surface area contributed by atoms with Gasteiger partial charge in [0.2, 0.25) is 17.7 Å². The van der Waals surface area contributed by atoms with E-state index in [9.17, 15) is 19.2 Å². The average Bonchev–Trinajstić information content (AvgIpc) is 2.88. The molecule has 232 valence electrons. The average molecular weight is 575 g/mol. The zero-order chi connectivity index (χ0) is 31.0. The van der Waals surface area contributed by atoms with Gasteiger partial charge in [-0.25, -0.2) is 4.79 Å². The molecule has 0 saturated heterocycles. The lowest BCUT2D eigenvalue weighted by molar-refractivity contribution is -0.142. The summed E-state index contributed by atoms with van der Waals surface area (Å²) in [6.07, 6.45) is 6.92. The molecule has 1 rings (SSSR count). The molecule has 4 amide bonds. The van der Waals surface area contributed by atoms with Crippen LogP contribution in [0, 0.1) is 13.8 Å². The summed E-state index contributed by atoms with van der Waals surface area (Å²) in [7, 11) is 0. The highest BCUT2D eigenvalue weighted by atomic mass is 16.6. The van der Waals surface area contributed by atoms with Crippen LogP contribution in [0.2, 0.25) is 0 Å². The lowest BCUT2D eigenvalue weighted by Gasteiger charge is -2.35. The van der Waals surface area contributed by atoms with Crippen LogP contribution in [-0.2, 0) is 19.1 Å². The van der Waals surface area contributed by atoms with Crippen LogP contribution in [0.4, 0.5) is 4.79 Å². The van der Waals surface area contributed by atoms with E-state index in [1.807, 2.05) is 39.0 Å². The maximum absolute atomic E-state index is 14.3. The van der Waals surface area contributed by atoms with E-state index in [2.05, 4.69) is 17.6 Å². The van der Waals surface area contributed by atoms with Crippen molar-refractivity contribution < 1.29 is 23.9 Å². The van der Waals surface area contributed by atoms with E-state index in [1.54, 1.807) is 25.7 Å². The van der Waals surface area contributed by atoms with E-state index >= 15 is 0 Å². The summed E-state index contributed by atoms with van der Waals surface area (Å²) in [6, 6.07) is 3.89. The molecular formula is C32H54N4O5. The Morgan fingerprint density at radius 1 is 0.951 bits per heavy atom. The molecule has 0 spiro atoms. The summed E-state index contributed by atoms with van der Waals surface area (Å²) < 4.78 is 5.42. The second-order valence-electron chi connectivity index (χ2n) is 11.9. The van der Waals surface area contributed by atoms with Crippen molar-refractivity contribution in [2.75, 3.05) is 13.1 Å². The van der Waals surface area contributed by atoms with Gasteiger partial charge in [-0.1, -0.05) is 76.1 Å². The number of ether oxygens (including phenoxy) is 1. The molecule has 2 atom stereocenters. The number of rotatable bonds is 18. The summed E-state index contributed by atoms with van der Waals surface area (Å²) in [4.78, 5) is 54.1. The maximum Gasteiger partial charge on any atom is 0.408 e. The smallest absolute Gasteiger partial charge is 0.408 e. The molecule has 9 heteroatoms. The monoisotopic (exact) mass is 574 g/mol. The quantitative estimate of drug-likeness (QED) is 0.196. The summed E-state index contributed by atoms with van der Waals surface area (Å²) >= 11 is 0. The van der Waals surface area contributed by atoms with Crippen LogP contribution in [0.15, 0.2) is 18.2 Å². The number of amides is 4. The molecule has 0 saturated carbocycles. The van der Waals surface area contributed by atoms with E-state index in [1.165, 1.54) is 0 Å². The molecule has 2 unspecified atom stereocenters. The molecule has 1 aromatic rings. The molecule has 0 aliphatic heterocycles. The molecule has 4 N–H and O–H groups in total. The number of alkyl carbamates (subject to hydrolysis) is 1. The molecular weight excluding hydrogens is 520 g/mol. The highest BCUT2D eigenvalue weighted by Crippen LogP contribution is 2.28. The number of hydrogen-bond donors (Lipinski definition) is 3. The van der Waals surface area contributed by atoms with E-state index in [-0.39, 0.29) is 18.7 Å². The third-order valence-corrected chi connectivity index (χ3v) is 6.82. The van der Waals surface area contributed by atoms with Crippen LogP contribution >= 0.6 is 0 Å².